The SMILES string of the molecule is Cc1cc(C(C)C)nc(OCC2(N)CCCCCC2)n1. The summed E-state index contributed by atoms with van der Waals surface area (Å²) < 4.78 is 5.83. The molecule has 1 aromatic rings. The van der Waals surface area contributed by atoms with Crippen LogP contribution in [0.4, 0.5) is 0 Å². The van der Waals surface area contributed by atoms with Crippen molar-refractivity contribution in [3.05, 3.63) is 17.5 Å². The van der Waals surface area contributed by atoms with Crippen LogP contribution in [-0.2, 0) is 0 Å². The second-order valence-electron chi connectivity index (χ2n) is 6.44. The molecule has 1 saturated carbocycles. The lowest BCUT2D eigenvalue weighted by atomic mass is 9.93. The van der Waals surface area contributed by atoms with Gasteiger partial charge in [0.2, 0.25) is 0 Å². The van der Waals surface area contributed by atoms with Crippen molar-refractivity contribution in [1.29, 1.82) is 0 Å². The zero-order chi connectivity index (χ0) is 14.6. The third-order valence-corrected chi connectivity index (χ3v) is 4.03. The highest BCUT2D eigenvalue weighted by molar-refractivity contribution is 5.15. The molecule has 0 aliphatic heterocycles. The summed E-state index contributed by atoms with van der Waals surface area (Å²) in [7, 11) is 0. The monoisotopic (exact) mass is 277 g/mol. The third-order valence-electron chi connectivity index (χ3n) is 4.03. The third kappa shape index (κ3) is 4.17. The predicted octanol–water partition coefficient (Wildman–Crippen LogP) is 3.34. The molecule has 2 rings (SSSR count). The molecule has 0 atom stereocenters. The Morgan fingerprint density at radius 3 is 2.45 bits per heavy atom. The van der Waals surface area contributed by atoms with Crippen LogP contribution in [0, 0.1) is 6.92 Å². The van der Waals surface area contributed by atoms with E-state index < -0.39 is 0 Å². The summed E-state index contributed by atoms with van der Waals surface area (Å²) in [6, 6.07) is 2.49. The van der Waals surface area contributed by atoms with Gasteiger partial charge in [0.05, 0.1) is 11.2 Å². The first-order valence-corrected chi connectivity index (χ1v) is 7.76. The van der Waals surface area contributed by atoms with Gasteiger partial charge >= 0.3 is 6.01 Å². The summed E-state index contributed by atoms with van der Waals surface area (Å²) in [6.45, 7) is 6.75. The highest BCUT2D eigenvalue weighted by Crippen LogP contribution is 2.25. The van der Waals surface area contributed by atoms with E-state index >= 15 is 0 Å². The highest BCUT2D eigenvalue weighted by atomic mass is 16.5. The molecule has 0 radical (unpaired) electrons. The maximum atomic E-state index is 6.46. The van der Waals surface area contributed by atoms with Crippen molar-refractivity contribution in [2.45, 2.75) is 70.8 Å². The molecule has 0 unspecified atom stereocenters. The van der Waals surface area contributed by atoms with E-state index in [1.807, 2.05) is 13.0 Å². The van der Waals surface area contributed by atoms with Crippen LogP contribution < -0.4 is 10.5 Å². The molecular formula is C16H27N3O. The van der Waals surface area contributed by atoms with Gasteiger partial charge in [0.1, 0.15) is 6.61 Å². The van der Waals surface area contributed by atoms with Crippen LogP contribution in [0.1, 0.15) is 69.7 Å². The van der Waals surface area contributed by atoms with Crippen LogP contribution in [-0.4, -0.2) is 22.1 Å². The van der Waals surface area contributed by atoms with Gasteiger partial charge in [-0.05, 0) is 31.7 Å². The topological polar surface area (TPSA) is 61.0 Å². The first-order valence-electron chi connectivity index (χ1n) is 7.76. The summed E-state index contributed by atoms with van der Waals surface area (Å²) >= 11 is 0. The standard InChI is InChI=1S/C16H27N3O/c1-12(2)14-10-13(3)18-15(19-14)20-11-16(17)8-6-4-5-7-9-16/h10,12H,4-9,11,17H2,1-3H3. The van der Waals surface area contributed by atoms with E-state index in [2.05, 4.69) is 23.8 Å². The molecule has 4 heteroatoms. The van der Waals surface area contributed by atoms with Gasteiger partial charge in [0, 0.05) is 5.69 Å². The lowest BCUT2D eigenvalue weighted by Gasteiger charge is -2.27. The van der Waals surface area contributed by atoms with Crippen molar-refractivity contribution in [2.75, 3.05) is 6.61 Å². The van der Waals surface area contributed by atoms with Crippen molar-refractivity contribution in [2.24, 2.45) is 5.73 Å². The number of nitrogens with two attached hydrogens (primary N) is 1. The van der Waals surface area contributed by atoms with E-state index in [0.717, 1.165) is 24.2 Å². The Bertz CT molecular complexity index is 437. The number of aromatic nitrogens is 2. The van der Waals surface area contributed by atoms with Gasteiger partial charge < -0.3 is 10.5 Å². The Labute approximate surface area is 122 Å². The Balaban J connectivity index is 2.02. The van der Waals surface area contributed by atoms with E-state index in [0.29, 0.717) is 18.5 Å². The molecule has 1 heterocycles. The van der Waals surface area contributed by atoms with Crippen molar-refractivity contribution < 1.29 is 4.74 Å². The first kappa shape index (κ1) is 15.2. The smallest absolute Gasteiger partial charge is 0.316 e. The maximum Gasteiger partial charge on any atom is 0.316 e. The van der Waals surface area contributed by atoms with Crippen LogP contribution in [0.3, 0.4) is 0 Å². The minimum Gasteiger partial charge on any atom is -0.461 e. The quantitative estimate of drug-likeness (QED) is 0.857. The molecule has 0 spiro atoms. The van der Waals surface area contributed by atoms with Gasteiger partial charge in [-0.15, -0.1) is 0 Å². The Morgan fingerprint density at radius 1 is 1.20 bits per heavy atom. The number of ether oxygens (including phenoxy) is 1. The molecule has 1 aromatic heterocycles. The molecule has 1 fully saturated rings. The number of hydrogen-bond acceptors (Lipinski definition) is 4. The maximum absolute atomic E-state index is 6.46. The minimum atomic E-state index is -0.207. The molecule has 0 aromatic carbocycles. The number of aryl methyl sites for hydroxylation is 1. The van der Waals surface area contributed by atoms with E-state index in [4.69, 9.17) is 10.5 Å². The van der Waals surface area contributed by atoms with Gasteiger partial charge in [-0.3, -0.25) is 0 Å². The second kappa shape index (κ2) is 6.53. The average Bonchev–Trinajstić information content (AvgIpc) is 2.61. The summed E-state index contributed by atoms with van der Waals surface area (Å²) in [4.78, 5) is 8.85. The van der Waals surface area contributed by atoms with E-state index in [1.54, 1.807) is 0 Å². The Hall–Kier alpha value is -1.16. The van der Waals surface area contributed by atoms with Crippen molar-refractivity contribution in [3.63, 3.8) is 0 Å². The van der Waals surface area contributed by atoms with Crippen LogP contribution in [0.5, 0.6) is 6.01 Å². The molecule has 0 bridgehead atoms. The lowest BCUT2D eigenvalue weighted by Crippen LogP contribution is -2.45. The summed E-state index contributed by atoms with van der Waals surface area (Å²) in [5.74, 6) is 0.378. The molecule has 2 N–H and O–H groups in total. The molecule has 4 nitrogen and oxygen atoms in total. The van der Waals surface area contributed by atoms with Crippen molar-refractivity contribution in [1.82, 2.24) is 9.97 Å². The van der Waals surface area contributed by atoms with Gasteiger partial charge in [0.25, 0.3) is 0 Å². The molecule has 0 amide bonds. The summed E-state index contributed by atoms with van der Waals surface area (Å²) in [5, 5.41) is 0. The molecule has 1 aliphatic carbocycles. The number of nitrogens with zero attached hydrogens (tertiary/aromatic N) is 2. The van der Waals surface area contributed by atoms with Crippen LogP contribution in [0.25, 0.3) is 0 Å². The molecule has 112 valence electrons. The van der Waals surface area contributed by atoms with Crippen LogP contribution in [0.15, 0.2) is 6.07 Å². The molecule has 1 aliphatic rings. The minimum absolute atomic E-state index is 0.207. The van der Waals surface area contributed by atoms with Crippen LogP contribution in [0.2, 0.25) is 0 Å². The average molecular weight is 277 g/mol. The van der Waals surface area contributed by atoms with Gasteiger partial charge in [-0.2, -0.15) is 4.98 Å². The normalized spacial score (nSPS) is 18.9. The molecule has 0 saturated heterocycles. The lowest BCUT2D eigenvalue weighted by molar-refractivity contribution is 0.186. The fourth-order valence-electron chi connectivity index (χ4n) is 2.71. The van der Waals surface area contributed by atoms with E-state index in [1.165, 1.54) is 25.7 Å². The van der Waals surface area contributed by atoms with E-state index in [-0.39, 0.29) is 5.54 Å². The Morgan fingerprint density at radius 2 is 1.85 bits per heavy atom. The van der Waals surface area contributed by atoms with Crippen LogP contribution >= 0.6 is 0 Å². The predicted molar refractivity (Wildman–Crippen MR) is 81.0 cm³/mol. The fourth-order valence-corrected chi connectivity index (χ4v) is 2.71. The first-order chi connectivity index (χ1) is 9.48. The van der Waals surface area contributed by atoms with Crippen molar-refractivity contribution in [3.8, 4) is 6.01 Å². The fraction of sp³-hybridized carbons (Fsp3) is 0.750. The second-order valence-corrected chi connectivity index (χ2v) is 6.44. The summed E-state index contributed by atoms with van der Waals surface area (Å²) in [5.41, 5.74) is 8.23. The summed E-state index contributed by atoms with van der Waals surface area (Å²) in [6.07, 6.45) is 7.05. The zero-order valence-electron chi connectivity index (χ0n) is 13.0. The van der Waals surface area contributed by atoms with Gasteiger partial charge in [0.15, 0.2) is 0 Å². The van der Waals surface area contributed by atoms with E-state index in [9.17, 15) is 0 Å². The Kier molecular flexibility index (Phi) is 4.97. The highest BCUT2D eigenvalue weighted by Gasteiger charge is 2.27. The molecular weight excluding hydrogens is 250 g/mol. The number of hydrogen-bond donors (Lipinski definition) is 1. The zero-order valence-corrected chi connectivity index (χ0v) is 13.0. The molecule has 20 heavy (non-hydrogen) atoms. The largest absolute Gasteiger partial charge is 0.461 e. The van der Waals surface area contributed by atoms with Gasteiger partial charge in [-0.25, -0.2) is 4.98 Å². The van der Waals surface area contributed by atoms with Gasteiger partial charge in [-0.1, -0.05) is 39.5 Å². The van der Waals surface area contributed by atoms with Crippen molar-refractivity contribution >= 4 is 0 Å². The number of rotatable bonds is 4.